The van der Waals surface area contributed by atoms with Gasteiger partial charge in [0.15, 0.2) is 0 Å². The summed E-state index contributed by atoms with van der Waals surface area (Å²) >= 11 is 0. The summed E-state index contributed by atoms with van der Waals surface area (Å²) in [5.74, 6) is 1.66. The van der Waals surface area contributed by atoms with E-state index in [1.807, 2.05) is 38.1 Å². The Balaban J connectivity index is 2.30. The lowest BCUT2D eigenvalue weighted by molar-refractivity contribution is 0.190. The lowest BCUT2D eigenvalue weighted by atomic mass is 10.2. The fourth-order valence-corrected chi connectivity index (χ4v) is 2.72. The fraction of sp³-hybridized carbons (Fsp3) is 0.476. The second-order valence-corrected chi connectivity index (χ2v) is 6.59. The molecular formula is C21H31N5O3. The van der Waals surface area contributed by atoms with Crippen molar-refractivity contribution in [3.05, 3.63) is 36.5 Å². The van der Waals surface area contributed by atoms with E-state index in [1.54, 1.807) is 24.3 Å². The Morgan fingerprint density at radius 3 is 2.62 bits per heavy atom. The number of carbonyl (C=O) groups excluding carboxylic acids is 1. The molecule has 0 aliphatic heterocycles. The van der Waals surface area contributed by atoms with Gasteiger partial charge in [0.25, 0.3) is 0 Å². The van der Waals surface area contributed by atoms with Crippen molar-refractivity contribution < 1.29 is 14.3 Å². The zero-order valence-electron chi connectivity index (χ0n) is 17.6. The Labute approximate surface area is 172 Å². The van der Waals surface area contributed by atoms with Crippen LogP contribution in [0.1, 0.15) is 33.6 Å². The molecule has 158 valence electrons. The van der Waals surface area contributed by atoms with E-state index in [0.717, 1.165) is 18.6 Å². The minimum Gasteiger partial charge on any atom is -0.494 e. The highest BCUT2D eigenvalue weighted by molar-refractivity contribution is 5.98. The molecule has 0 saturated carbocycles. The van der Waals surface area contributed by atoms with Gasteiger partial charge in [-0.05, 0) is 44.5 Å². The number of ether oxygens (including phenoxy) is 2. The average Bonchev–Trinajstić information content (AvgIpc) is 2.70. The Morgan fingerprint density at radius 1 is 1.21 bits per heavy atom. The molecule has 1 aromatic heterocycles. The van der Waals surface area contributed by atoms with Crippen LogP contribution in [-0.2, 0) is 4.74 Å². The highest BCUT2D eigenvalue weighted by Crippen LogP contribution is 2.26. The number of amides is 2. The van der Waals surface area contributed by atoms with Crippen LogP contribution in [-0.4, -0.2) is 48.9 Å². The van der Waals surface area contributed by atoms with Crippen molar-refractivity contribution in [2.45, 2.75) is 39.7 Å². The van der Waals surface area contributed by atoms with Gasteiger partial charge in [-0.1, -0.05) is 13.3 Å². The maximum atomic E-state index is 12.9. The van der Waals surface area contributed by atoms with Crippen LogP contribution < -0.4 is 20.3 Å². The molecule has 0 spiro atoms. The van der Waals surface area contributed by atoms with Gasteiger partial charge in [0, 0.05) is 32.0 Å². The summed E-state index contributed by atoms with van der Waals surface area (Å²) in [6, 6.07) is 8.87. The first-order valence-corrected chi connectivity index (χ1v) is 9.98. The van der Waals surface area contributed by atoms with E-state index in [4.69, 9.17) is 9.47 Å². The van der Waals surface area contributed by atoms with Crippen LogP contribution in [0, 0.1) is 0 Å². The van der Waals surface area contributed by atoms with E-state index >= 15 is 0 Å². The molecule has 1 aromatic carbocycles. The van der Waals surface area contributed by atoms with Crippen molar-refractivity contribution in [3.63, 3.8) is 0 Å². The van der Waals surface area contributed by atoms with Gasteiger partial charge in [-0.2, -0.15) is 4.98 Å². The van der Waals surface area contributed by atoms with E-state index < -0.39 is 0 Å². The van der Waals surface area contributed by atoms with Crippen molar-refractivity contribution in [1.29, 1.82) is 0 Å². The van der Waals surface area contributed by atoms with Gasteiger partial charge in [-0.25, -0.2) is 14.7 Å². The normalized spacial score (nSPS) is 11.6. The fourth-order valence-electron chi connectivity index (χ4n) is 2.72. The van der Waals surface area contributed by atoms with Crippen LogP contribution in [0.4, 0.5) is 22.2 Å². The Kier molecular flexibility index (Phi) is 9.17. The van der Waals surface area contributed by atoms with Gasteiger partial charge in [-0.3, -0.25) is 0 Å². The number of benzene rings is 1. The number of methoxy groups -OCH3 is 1. The Morgan fingerprint density at radius 2 is 1.97 bits per heavy atom. The third kappa shape index (κ3) is 6.90. The predicted molar refractivity (Wildman–Crippen MR) is 115 cm³/mol. The Hall–Kier alpha value is -2.87. The molecule has 0 aliphatic carbocycles. The maximum absolute atomic E-state index is 12.9. The minimum atomic E-state index is -0.239. The predicted octanol–water partition coefficient (Wildman–Crippen LogP) is 3.97. The first-order valence-electron chi connectivity index (χ1n) is 9.98. The monoisotopic (exact) mass is 401 g/mol. The summed E-state index contributed by atoms with van der Waals surface area (Å²) in [5.41, 5.74) is 0.692. The number of rotatable bonds is 11. The summed E-state index contributed by atoms with van der Waals surface area (Å²) in [4.78, 5) is 23.3. The number of carbonyl (C=O) groups is 1. The quantitative estimate of drug-likeness (QED) is 0.554. The number of anilines is 3. The van der Waals surface area contributed by atoms with E-state index in [0.29, 0.717) is 37.2 Å². The summed E-state index contributed by atoms with van der Waals surface area (Å²) in [5, 5.41) is 6.14. The van der Waals surface area contributed by atoms with Gasteiger partial charge in [-0.15, -0.1) is 0 Å². The molecule has 29 heavy (non-hydrogen) atoms. The third-order valence-corrected chi connectivity index (χ3v) is 4.08. The van der Waals surface area contributed by atoms with Crippen molar-refractivity contribution >= 4 is 23.5 Å². The van der Waals surface area contributed by atoms with Crippen LogP contribution in [0.3, 0.4) is 0 Å². The maximum Gasteiger partial charge on any atom is 0.327 e. The lowest BCUT2D eigenvalue weighted by Crippen LogP contribution is -2.38. The minimum absolute atomic E-state index is 0.0348. The number of nitrogens with zero attached hydrogens (tertiary/aromatic N) is 3. The highest BCUT2D eigenvalue weighted by Gasteiger charge is 2.20. The van der Waals surface area contributed by atoms with E-state index in [-0.39, 0.29) is 12.1 Å². The molecule has 2 amide bonds. The molecule has 2 rings (SSSR count). The molecule has 0 radical (unpaired) electrons. The van der Waals surface area contributed by atoms with Crippen LogP contribution in [0.25, 0.3) is 0 Å². The largest absolute Gasteiger partial charge is 0.494 e. The van der Waals surface area contributed by atoms with Gasteiger partial charge in [0.1, 0.15) is 11.6 Å². The molecule has 0 saturated heterocycles. The second-order valence-electron chi connectivity index (χ2n) is 6.59. The molecule has 1 heterocycles. The van der Waals surface area contributed by atoms with Crippen molar-refractivity contribution in [1.82, 2.24) is 15.3 Å². The number of hydrogen-bond donors (Lipinski definition) is 2. The smallest absolute Gasteiger partial charge is 0.327 e. The van der Waals surface area contributed by atoms with Crippen LogP contribution >= 0.6 is 0 Å². The molecule has 0 fully saturated rings. The number of aromatic nitrogens is 2. The molecule has 1 atom stereocenters. The first kappa shape index (κ1) is 22.4. The first-order chi connectivity index (χ1) is 14.1. The van der Waals surface area contributed by atoms with Gasteiger partial charge >= 0.3 is 6.03 Å². The molecule has 8 nitrogen and oxygen atoms in total. The van der Waals surface area contributed by atoms with Crippen LogP contribution in [0.2, 0.25) is 0 Å². The number of hydrogen-bond acceptors (Lipinski definition) is 6. The summed E-state index contributed by atoms with van der Waals surface area (Å²) in [6.45, 7) is 7.70. The van der Waals surface area contributed by atoms with Crippen molar-refractivity contribution in [2.75, 3.05) is 37.1 Å². The third-order valence-electron chi connectivity index (χ3n) is 4.08. The van der Waals surface area contributed by atoms with E-state index in [1.165, 1.54) is 0 Å². The zero-order valence-corrected chi connectivity index (χ0v) is 17.6. The Bertz CT molecular complexity index is 754. The second kappa shape index (κ2) is 11.9. The van der Waals surface area contributed by atoms with Gasteiger partial charge in [0.05, 0.1) is 18.9 Å². The summed E-state index contributed by atoms with van der Waals surface area (Å²) in [7, 11) is 1.64. The van der Waals surface area contributed by atoms with Crippen LogP contribution in [0.5, 0.6) is 5.75 Å². The van der Waals surface area contributed by atoms with Gasteiger partial charge < -0.3 is 20.1 Å². The number of urea groups is 1. The number of unbranched alkanes of at least 4 members (excludes halogenated alkanes) is 1. The molecule has 2 aromatic rings. The average molecular weight is 402 g/mol. The molecule has 0 aliphatic rings. The topological polar surface area (TPSA) is 88.6 Å². The molecule has 0 unspecified atom stereocenters. The van der Waals surface area contributed by atoms with Crippen LogP contribution in [0.15, 0.2) is 36.5 Å². The summed E-state index contributed by atoms with van der Waals surface area (Å²) < 4.78 is 10.6. The summed E-state index contributed by atoms with van der Waals surface area (Å²) in [6.07, 6.45) is 3.54. The molecule has 0 bridgehead atoms. The lowest BCUT2D eigenvalue weighted by Gasteiger charge is -2.23. The highest BCUT2D eigenvalue weighted by atomic mass is 16.5. The zero-order chi connectivity index (χ0) is 21.1. The molecule has 2 N–H and O–H groups in total. The standard InChI is InChI=1S/C21H31N5O3/c1-5-7-13-23-21(27)26(17-8-10-18(11-9-17)29-6-2)19-12-14-22-20(25-19)24-16(3)15-28-4/h8-12,14,16H,5-7,13,15H2,1-4H3,(H,23,27)(H,22,24,25)/t16-/m0/s1. The SMILES string of the molecule is CCCCNC(=O)N(c1ccc(OCC)cc1)c1ccnc(N[C@@H](C)COC)n1. The van der Waals surface area contributed by atoms with Gasteiger partial charge in [0.2, 0.25) is 5.95 Å². The van der Waals surface area contributed by atoms with Crippen molar-refractivity contribution in [3.8, 4) is 5.75 Å². The van der Waals surface area contributed by atoms with Crippen molar-refractivity contribution in [2.24, 2.45) is 0 Å². The number of nitrogens with one attached hydrogen (secondary N) is 2. The van der Waals surface area contributed by atoms with E-state index in [2.05, 4.69) is 27.5 Å². The van der Waals surface area contributed by atoms with E-state index in [9.17, 15) is 4.79 Å². The molecule has 8 heteroatoms. The molecular weight excluding hydrogens is 370 g/mol.